The number of thioether (sulfide) groups is 1. The van der Waals surface area contributed by atoms with Crippen LogP contribution in [0.25, 0.3) is 0 Å². The Kier molecular flexibility index (Phi) is 7.71. The van der Waals surface area contributed by atoms with E-state index in [0.717, 1.165) is 18.0 Å². The summed E-state index contributed by atoms with van der Waals surface area (Å²) in [6, 6.07) is 8.32. The first kappa shape index (κ1) is 21.3. The number of carbonyl (C=O) groups excluding carboxylic acids is 1. The summed E-state index contributed by atoms with van der Waals surface area (Å²) in [5.41, 5.74) is 1.28. The van der Waals surface area contributed by atoms with Crippen molar-refractivity contribution >= 4 is 17.7 Å². The van der Waals surface area contributed by atoms with Crippen LogP contribution in [0.5, 0.6) is 5.75 Å². The number of nitrogens with zero attached hydrogens (tertiary/aromatic N) is 3. The van der Waals surface area contributed by atoms with Gasteiger partial charge in [0, 0.05) is 13.1 Å². The third-order valence-corrected chi connectivity index (χ3v) is 5.46. The largest absolute Gasteiger partial charge is 0.483 e. The molecule has 6 nitrogen and oxygen atoms in total. The molecule has 0 spiro atoms. The third kappa shape index (κ3) is 5.99. The molecule has 0 saturated heterocycles. The van der Waals surface area contributed by atoms with E-state index in [1.807, 2.05) is 44.5 Å². The Balaban J connectivity index is 1.95. The van der Waals surface area contributed by atoms with E-state index in [4.69, 9.17) is 4.74 Å². The zero-order valence-electron chi connectivity index (χ0n) is 17.0. The molecular weight excluding hydrogens is 360 g/mol. The average Bonchev–Trinajstić information content (AvgIpc) is 3.01. The lowest BCUT2D eigenvalue weighted by molar-refractivity contribution is -0.119. The topological polar surface area (TPSA) is 69.0 Å². The third-order valence-electron chi connectivity index (χ3n) is 4.44. The summed E-state index contributed by atoms with van der Waals surface area (Å²) in [6.45, 7) is 10.3. The first-order valence-electron chi connectivity index (χ1n) is 9.39. The van der Waals surface area contributed by atoms with Crippen LogP contribution >= 0.6 is 11.8 Å². The number of ether oxygens (including phenoxy) is 1. The number of benzene rings is 1. The highest BCUT2D eigenvalue weighted by Crippen LogP contribution is 2.25. The first-order chi connectivity index (χ1) is 12.8. The minimum absolute atomic E-state index is 0.00782. The maximum absolute atomic E-state index is 11.9. The summed E-state index contributed by atoms with van der Waals surface area (Å²) < 4.78 is 7.89. The van der Waals surface area contributed by atoms with E-state index in [1.54, 1.807) is 0 Å². The molecule has 0 aliphatic heterocycles. The molecule has 0 radical (unpaired) electrons. The van der Waals surface area contributed by atoms with E-state index in [9.17, 15) is 4.79 Å². The lowest BCUT2D eigenvalue weighted by atomic mass is 10.0. The van der Waals surface area contributed by atoms with Crippen molar-refractivity contribution in [3.05, 3.63) is 35.7 Å². The molecule has 27 heavy (non-hydrogen) atoms. The Hall–Kier alpha value is -2.02. The highest BCUT2D eigenvalue weighted by atomic mass is 32.2. The zero-order valence-corrected chi connectivity index (χ0v) is 17.8. The Morgan fingerprint density at radius 3 is 2.44 bits per heavy atom. The number of carbonyl (C=O) groups is 1. The number of nitrogens with one attached hydrogen (secondary N) is 1. The molecule has 7 heteroatoms. The van der Waals surface area contributed by atoms with Gasteiger partial charge in [0.1, 0.15) is 5.75 Å². The van der Waals surface area contributed by atoms with Crippen molar-refractivity contribution in [1.82, 2.24) is 20.1 Å². The molecule has 0 aliphatic rings. The van der Waals surface area contributed by atoms with Gasteiger partial charge in [0.25, 0.3) is 0 Å². The number of aromatic nitrogens is 3. The summed E-state index contributed by atoms with van der Waals surface area (Å²) in [4.78, 5) is 11.9. The molecule has 1 amide bonds. The Morgan fingerprint density at radius 2 is 1.85 bits per heavy atom. The van der Waals surface area contributed by atoms with Gasteiger partial charge in [0.2, 0.25) is 5.91 Å². The summed E-state index contributed by atoms with van der Waals surface area (Å²) in [6.07, 6.45) is 0.674. The van der Waals surface area contributed by atoms with Gasteiger partial charge in [-0.1, -0.05) is 44.7 Å². The molecule has 148 valence electrons. The van der Waals surface area contributed by atoms with Crippen molar-refractivity contribution in [2.75, 3.05) is 5.75 Å². The lowest BCUT2D eigenvalue weighted by Crippen LogP contribution is -2.33. The molecule has 0 aliphatic carbocycles. The van der Waals surface area contributed by atoms with Crippen molar-refractivity contribution in [3.63, 3.8) is 0 Å². The van der Waals surface area contributed by atoms with Gasteiger partial charge in [-0.25, -0.2) is 0 Å². The van der Waals surface area contributed by atoms with E-state index in [1.165, 1.54) is 17.3 Å². The standard InChI is InChI=1S/C20H30N4O2S/c1-7-14(4)21-18(25)12-27-20-23-22-19(24(20)6)15(5)26-17-10-8-16(9-11-17)13(2)3/h8-11,13-15H,7,12H2,1-6H3,(H,21,25). The molecule has 0 saturated carbocycles. The highest BCUT2D eigenvalue weighted by molar-refractivity contribution is 7.99. The van der Waals surface area contributed by atoms with Gasteiger partial charge in [-0.3, -0.25) is 4.79 Å². The van der Waals surface area contributed by atoms with Crippen molar-refractivity contribution in [3.8, 4) is 5.75 Å². The van der Waals surface area contributed by atoms with Gasteiger partial charge in [-0.2, -0.15) is 0 Å². The molecule has 1 aromatic heterocycles. The molecular formula is C20H30N4O2S. The number of amides is 1. The second-order valence-electron chi connectivity index (χ2n) is 7.05. The normalized spacial score (nSPS) is 13.4. The fourth-order valence-corrected chi connectivity index (χ4v) is 3.27. The zero-order chi connectivity index (χ0) is 20.0. The predicted molar refractivity (Wildman–Crippen MR) is 109 cm³/mol. The molecule has 2 aromatic rings. The number of hydrogen-bond acceptors (Lipinski definition) is 5. The highest BCUT2D eigenvalue weighted by Gasteiger charge is 2.18. The van der Waals surface area contributed by atoms with Gasteiger partial charge < -0.3 is 14.6 Å². The van der Waals surface area contributed by atoms with Gasteiger partial charge in [-0.05, 0) is 43.9 Å². The molecule has 2 unspecified atom stereocenters. The van der Waals surface area contributed by atoms with E-state index in [-0.39, 0.29) is 18.1 Å². The molecule has 1 aromatic carbocycles. The Bertz CT molecular complexity index is 743. The second kappa shape index (κ2) is 9.78. The Morgan fingerprint density at radius 1 is 1.19 bits per heavy atom. The van der Waals surface area contributed by atoms with Gasteiger partial charge in [0.15, 0.2) is 17.1 Å². The van der Waals surface area contributed by atoms with Crippen LogP contribution in [0.1, 0.15) is 64.4 Å². The smallest absolute Gasteiger partial charge is 0.230 e. The van der Waals surface area contributed by atoms with Crippen LogP contribution in [0, 0.1) is 0 Å². The van der Waals surface area contributed by atoms with E-state index < -0.39 is 0 Å². The molecule has 2 atom stereocenters. The van der Waals surface area contributed by atoms with Crippen molar-refractivity contribution in [2.45, 2.75) is 64.3 Å². The quantitative estimate of drug-likeness (QED) is 0.653. The van der Waals surface area contributed by atoms with Crippen LogP contribution in [-0.4, -0.2) is 32.5 Å². The van der Waals surface area contributed by atoms with E-state index in [2.05, 4.69) is 41.5 Å². The minimum atomic E-state index is -0.240. The van der Waals surface area contributed by atoms with Gasteiger partial charge in [0.05, 0.1) is 5.75 Å². The monoisotopic (exact) mass is 390 g/mol. The summed E-state index contributed by atoms with van der Waals surface area (Å²) in [5.74, 6) is 2.35. The fraction of sp³-hybridized carbons (Fsp3) is 0.550. The molecule has 2 rings (SSSR count). The van der Waals surface area contributed by atoms with Crippen LogP contribution < -0.4 is 10.1 Å². The second-order valence-corrected chi connectivity index (χ2v) is 7.99. The van der Waals surface area contributed by atoms with Crippen LogP contribution in [0.3, 0.4) is 0 Å². The van der Waals surface area contributed by atoms with Crippen molar-refractivity contribution < 1.29 is 9.53 Å². The average molecular weight is 391 g/mol. The van der Waals surface area contributed by atoms with Gasteiger partial charge >= 0.3 is 0 Å². The summed E-state index contributed by atoms with van der Waals surface area (Å²) in [7, 11) is 1.89. The van der Waals surface area contributed by atoms with Crippen molar-refractivity contribution in [2.24, 2.45) is 7.05 Å². The van der Waals surface area contributed by atoms with Gasteiger partial charge in [-0.15, -0.1) is 10.2 Å². The molecule has 1 N–H and O–H groups in total. The fourth-order valence-electron chi connectivity index (χ4n) is 2.54. The summed E-state index contributed by atoms with van der Waals surface area (Å²) >= 11 is 1.38. The molecule has 0 fully saturated rings. The molecule has 1 heterocycles. The van der Waals surface area contributed by atoms with E-state index >= 15 is 0 Å². The van der Waals surface area contributed by atoms with Crippen LogP contribution in [0.2, 0.25) is 0 Å². The van der Waals surface area contributed by atoms with E-state index in [0.29, 0.717) is 16.8 Å². The lowest BCUT2D eigenvalue weighted by Gasteiger charge is -2.15. The van der Waals surface area contributed by atoms with Crippen LogP contribution in [-0.2, 0) is 11.8 Å². The van der Waals surface area contributed by atoms with Crippen LogP contribution in [0.4, 0.5) is 0 Å². The summed E-state index contributed by atoms with van der Waals surface area (Å²) in [5, 5.41) is 12.1. The maximum Gasteiger partial charge on any atom is 0.230 e. The SMILES string of the molecule is CCC(C)NC(=O)CSc1nnc(C(C)Oc2ccc(C(C)C)cc2)n1C. The van der Waals surface area contributed by atoms with Crippen LogP contribution in [0.15, 0.2) is 29.4 Å². The number of rotatable bonds is 9. The predicted octanol–water partition coefficient (Wildman–Crippen LogP) is 4.09. The number of hydrogen-bond donors (Lipinski definition) is 1. The minimum Gasteiger partial charge on any atom is -0.483 e. The molecule has 0 bridgehead atoms. The Labute approximate surface area is 166 Å². The first-order valence-corrected chi connectivity index (χ1v) is 10.4. The maximum atomic E-state index is 11.9. The van der Waals surface area contributed by atoms with Crippen molar-refractivity contribution in [1.29, 1.82) is 0 Å².